The van der Waals surface area contributed by atoms with Gasteiger partial charge in [-0.2, -0.15) is 0 Å². The predicted molar refractivity (Wildman–Crippen MR) is 73.7 cm³/mol. The second-order valence-electron chi connectivity index (χ2n) is 5.80. The van der Waals surface area contributed by atoms with Crippen LogP contribution in [0.1, 0.15) is 44.3 Å². The molecule has 5 heteroatoms. The standard InChI is InChI=1S/C13H21N3OS/c1-13(2,3)10-8-18-12(16-10)7-14-9-4-5-11(17)15-6-9/h8-9,14H,4-7H2,1-3H3,(H,15,17). The van der Waals surface area contributed by atoms with Crippen molar-refractivity contribution in [2.45, 2.75) is 51.6 Å². The molecular formula is C13H21N3OS. The highest BCUT2D eigenvalue weighted by Gasteiger charge is 2.19. The van der Waals surface area contributed by atoms with Crippen LogP contribution in [0.3, 0.4) is 0 Å². The van der Waals surface area contributed by atoms with Gasteiger partial charge in [-0.3, -0.25) is 4.79 Å². The van der Waals surface area contributed by atoms with E-state index in [-0.39, 0.29) is 11.3 Å². The van der Waals surface area contributed by atoms with Gasteiger partial charge in [-0.25, -0.2) is 4.98 Å². The van der Waals surface area contributed by atoms with E-state index in [1.807, 2.05) is 0 Å². The Morgan fingerprint density at radius 1 is 1.56 bits per heavy atom. The first-order valence-corrected chi connectivity index (χ1v) is 7.28. The molecule has 1 aliphatic heterocycles. The molecule has 0 spiro atoms. The molecule has 2 heterocycles. The lowest BCUT2D eigenvalue weighted by molar-refractivity contribution is -0.122. The highest BCUT2D eigenvalue weighted by molar-refractivity contribution is 7.09. The largest absolute Gasteiger partial charge is 0.355 e. The van der Waals surface area contributed by atoms with Crippen molar-refractivity contribution < 1.29 is 4.79 Å². The molecule has 1 atom stereocenters. The van der Waals surface area contributed by atoms with E-state index < -0.39 is 0 Å². The quantitative estimate of drug-likeness (QED) is 0.878. The summed E-state index contributed by atoms with van der Waals surface area (Å²) in [5.74, 6) is 0.164. The molecule has 100 valence electrons. The van der Waals surface area contributed by atoms with Crippen molar-refractivity contribution in [3.05, 3.63) is 16.1 Å². The third kappa shape index (κ3) is 3.53. The minimum atomic E-state index is 0.119. The molecule has 2 rings (SSSR count). The number of piperidine rings is 1. The zero-order valence-electron chi connectivity index (χ0n) is 11.2. The summed E-state index contributed by atoms with van der Waals surface area (Å²) in [6.45, 7) is 8.05. The van der Waals surface area contributed by atoms with Gasteiger partial charge in [0.25, 0.3) is 0 Å². The van der Waals surface area contributed by atoms with Gasteiger partial charge in [0.15, 0.2) is 0 Å². The van der Waals surface area contributed by atoms with Gasteiger partial charge in [-0.1, -0.05) is 20.8 Å². The minimum Gasteiger partial charge on any atom is -0.355 e. The molecule has 1 aromatic rings. The topological polar surface area (TPSA) is 54.0 Å². The van der Waals surface area contributed by atoms with Gasteiger partial charge in [0, 0.05) is 36.3 Å². The monoisotopic (exact) mass is 267 g/mol. The van der Waals surface area contributed by atoms with Crippen LogP contribution in [0.25, 0.3) is 0 Å². The molecule has 4 nitrogen and oxygen atoms in total. The normalized spacial score (nSPS) is 20.8. The van der Waals surface area contributed by atoms with Crippen LogP contribution in [-0.4, -0.2) is 23.5 Å². The molecule has 2 N–H and O–H groups in total. The van der Waals surface area contributed by atoms with Crippen molar-refractivity contribution in [3.63, 3.8) is 0 Å². The Bertz CT molecular complexity index is 412. The van der Waals surface area contributed by atoms with Crippen molar-refractivity contribution in [3.8, 4) is 0 Å². The number of carbonyl (C=O) groups excluding carboxylic acids is 1. The van der Waals surface area contributed by atoms with Gasteiger partial charge in [0.2, 0.25) is 5.91 Å². The number of aromatic nitrogens is 1. The molecule has 0 bridgehead atoms. The molecule has 0 saturated carbocycles. The highest BCUT2D eigenvalue weighted by Crippen LogP contribution is 2.23. The number of nitrogens with zero attached hydrogens (tertiary/aromatic N) is 1. The Morgan fingerprint density at radius 3 is 2.89 bits per heavy atom. The molecule has 1 amide bonds. The molecule has 18 heavy (non-hydrogen) atoms. The molecule has 1 aliphatic rings. The van der Waals surface area contributed by atoms with Gasteiger partial charge in [-0.15, -0.1) is 11.3 Å². The SMILES string of the molecule is CC(C)(C)c1csc(CNC2CCC(=O)NC2)n1. The van der Waals surface area contributed by atoms with E-state index >= 15 is 0 Å². The van der Waals surface area contributed by atoms with Crippen molar-refractivity contribution in [1.29, 1.82) is 0 Å². The van der Waals surface area contributed by atoms with Crippen molar-refractivity contribution in [2.75, 3.05) is 6.54 Å². The summed E-state index contributed by atoms with van der Waals surface area (Å²) in [5.41, 5.74) is 1.27. The van der Waals surface area contributed by atoms with Crippen LogP contribution in [0.2, 0.25) is 0 Å². The van der Waals surface area contributed by atoms with Crippen LogP contribution in [0.5, 0.6) is 0 Å². The molecule has 1 aromatic heterocycles. The number of rotatable bonds is 3. The average molecular weight is 267 g/mol. The van der Waals surface area contributed by atoms with E-state index in [2.05, 4.69) is 41.8 Å². The van der Waals surface area contributed by atoms with Crippen molar-refractivity contribution >= 4 is 17.2 Å². The Labute approximate surface area is 112 Å². The zero-order chi connectivity index (χ0) is 13.2. The Hall–Kier alpha value is -0.940. The molecule has 1 unspecified atom stereocenters. The summed E-state index contributed by atoms with van der Waals surface area (Å²) in [4.78, 5) is 15.7. The highest BCUT2D eigenvalue weighted by atomic mass is 32.1. The molecule has 1 fully saturated rings. The van der Waals surface area contributed by atoms with Crippen LogP contribution in [-0.2, 0) is 16.8 Å². The summed E-state index contributed by atoms with van der Waals surface area (Å²) >= 11 is 1.70. The first-order chi connectivity index (χ1) is 8.45. The van der Waals surface area contributed by atoms with Crippen LogP contribution < -0.4 is 10.6 Å². The second kappa shape index (κ2) is 5.36. The first kappa shape index (κ1) is 13.5. The summed E-state index contributed by atoms with van der Waals surface area (Å²) in [7, 11) is 0. The lowest BCUT2D eigenvalue weighted by atomic mass is 9.93. The van der Waals surface area contributed by atoms with Crippen molar-refractivity contribution in [1.82, 2.24) is 15.6 Å². The second-order valence-corrected chi connectivity index (χ2v) is 6.74. The molecule has 0 aliphatic carbocycles. The maximum Gasteiger partial charge on any atom is 0.220 e. The molecular weight excluding hydrogens is 246 g/mol. The third-order valence-corrected chi connectivity index (χ3v) is 3.98. The van der Waals surface area contributed by atoms with Gasteiger partial charge in [-0.05, 0) is 6.42 Å². The predicted octanol–water partition coefficient (Wildman–Crippen LogP) is 1.81. The fraction of sp³-hybridized carbons (Fsp3) is 0.692. The van der Waals surface area contributed by atoms with Gasteiger partial charge >= 0.3 is 0 Å². The van der Waals surface area contributed by atoms with Crippen molar-refractivity contribution in [2.24, 2.45) is 0 Å². The van der Waals surface area contributed by atoms with Crippen LogP contribution in [0.4, 0.5) is 0 Å². The fourth-order valence-corrected chi connectivity index (χ4v) is 2.85. The smallest absolute Gasteiger partial charge is 0.220 e. The maximum atomic E-state index is 11.0. The number of thiazole rings is 1. The fourth-order valence-electron chi connectivity index (χ4n) is 1.88. The Morgan fingerprint density at radius 2 is 2.33 bits per heavy atom. The molecule has 0 aromatic carbocycles. The van der Waals surface area contributed by atoms with E-state index in [1.54, 1.807) is 11.3 Å². The van der Waals surface area contributed by atoms with Crippen LogP contribution in [0.15, 0.2) is 5.38 Å². The van der Waals surface area contributed by atoms with E-state index in [9.17, 15) is 4.79 Å². The Kier molecular flexibility index (Phi) is 4.02. The number of hydrogen-bond acceptors (Lipinski definition) is 4. The maximum absolute atomic E-state index is 11.0. The summed E-state index contributed by atoms with van der Waals surface area (Å²) in [5, 5.41) is 9.60. The lowest BCUT2D eigenvalue weighted by Gasteiger charge is -2.23. The van der Waals surface area contributed by atoms with E-state index in [4.69, 9.17) is 0 Å². The van der Waals surface area contributed by atoms with Crippen LogP contribution >= 0.6 is 11.3 Å². The summed E-state index contributed by atoms with van der Waals surface area (Å²) in [6.07, 6.45) is 1.55. The summed E-state index contributed by atoms with van der Waals surface area (Å²) < 4.78 is 0. The minimum absolute atomic E-state index is 0.119. The molecule has 1 saturated heterocycles. The van der Waals surface area contributed by atoms with Gasteiger partial charge in [0.1, 0.15) is 5.01 Å². The lowest BCUT2D eigenvalue weighted by Crippen LogP contribution is -2.45. The zero-order valence-corrected chi connectivity index (χ0v) is 12.1. The number of hydrogen-bond donors (Lipinski definition) is 2. The third-order valence-electron chi connectivity index (χ3n) is 3.13. The van der Waals surface area contributed by atoms with E-state index in [1.165, 1.54) is 0 Å². The van der Waals surface area contributed by atoms with E-state index in [0.717, 1.165) is 30.2 Å². The first-order valence-electron chi connectivity index (χ1n) is 6.40. The summed E-state index contributed by atoms with van der Waals surface area (Å²) in [6, 6.07) is 0.379. The van der Waals surface area contributed by atoms with Gasteiger partial charge in [0.05, 0.1) is 5.69 Å². The van der Waals surface area contributed by atoms with Crippen LogP contribution in [0, 0.1) is 0 Å². The molecule has 0 radical (unpaired) electrons. The van der Waals surface area contributed by atoms with E-state index in [0.29, 0.717) is 12.5 Å². The number of nitrogens with one attached hydrogen (secondary N) is 2. The Balaban J connectivity index is 1.83. The van der Waals surface area contributed by atoms with Gasteiger partial charge < -0.3 is 10.6 Å². The average Bonchev–Trinajstić information content (AvgIpc) is 2.77. The number of carbonyl (C=O) groups is 1. The number of amides is 1.